The minimum absolute atomic E-state index is 0.149. The number of nitrogens with one attached hydrogen (secondary N) is 1. The van der Waals surface area contributed by atoms with Crippen LogP contribution < -0.4 is 5.32 Å². The van der Waals surface area contributed by atoms with E-state index in [1.54, 1.807) is 12.1 Å². The van der Waals surface area contributed by atoms with E-state index >= 15 is 0 Å². The third-order valence-electron chi connectivity index (χ3n) is 4.24. The maximum atomic E-state index is 12.6. The summed E-state index contributed by atoms with van der Waals surface area (Å²) in [5.41, 5.74) is 0.701. The number of halogens is 5. The minimum Gasteiger partial charge on any atom is -0.441 e. The molecule has 30 heavy (non-hydrogen) atoms. The van der Waals surface area contributed by atoms with Crippen LogP contribution in [0.25, 0.3) is 10.8 Å². The van der Waals surface area contributed by atoms with Crippen molar-refractivity contribution >= 4 is 86.3 Å². The number of carbonyl (C=O) groups is 2. The molecule has 9 heteroatoms. The average molecular weight is 506 g/mol. The van der Waals surface area contributed by atoms with E-state index in [2.05, 4.69) is 5.32 Å². The van der Waals surface area contributed by atoms with Crippen LogP contribution in [0, 0.1) is 0 Å². The van der Waals surface area contributed by atoms with E-state index in [9.17, 15) is 9.59 Å². The maximum absolute atomic E-state index is 12.6. The molecule has 0 saturated carbocycles. The fourth-order valence-corrected chi connectivity index (χ4v) is 3.70. The molecule has 1 amide bonds. The molecule has 0 fully saturated rings. The normalized spacial score (nSPS) is 12.4. The lowest BCUT2D eigenvalue weighted by atomic mass is 10.1. The van der Waals surface area contributed by atoms with Crippen molar-refractivity contribution in [2.45, 2.75) is 16.3 Å². The summed E-state index contributed by atoms with van der Waals surface area (Å²) in [6.07, 6.45) is -2.60. The highest BCUT2D eigenvalue weighted by molar-refractivity contribution is 6.68. The standard InChI is InChI=1S/C21H14Cl5NO3/c22-13-8-9-15(16(23)10-13)18(28)11-19(21(24,25)26)30-20(29)27-17-7-3-5-12-4-1-2-6-14(12)17/h1-10,19H,11H2,(H,27,29)/t19-/m0/s1. The molecule has 0 spiro atoms. The van der Waals surface area contributed by atoms with Crippen LogP contribution in [0.1, 0.15) is 16.8 Å². The summed E-state index contributed by atoms with van der Waals surface area (Å²) in [4.78, 5) is 25.1. The lowest BCUT2D eigenvalue weighted by molar-refractivity contribution is 0.0813. The van der Waals surface area contributed by atoms with Crippen LogP contribution in [0.4, 0.5) is 10.5 Å². The lowest BCUT2D eigenvalue weighted by Crippen LogP contribution is -2.35. The quantitative estimate of drug-likeness (QED) is 0.285. The number of hydrogen-bond donors (Lipinski definition) is 1. The zero-order chi connectivity index (χ0) is 21.9. The van der Waals surface area contributed by atoms with Gasteiger partial charge in [0.1, 0.15) is 0 Å². The predicted octanol–water partition coefficient (Wildman–Crippen LogP) is 7.71. The number of anilines is 1. The first-order valence-corrected chi connectivity index (χ1v) is 10.5. The van der Waals surface area contributed by atoms with E-state index < -0.39 is 21.8 Å². The first-order valence-electron chi connectivity index (χ1n) is 8.65. The summed E-state index contributed by atoms with van der Waals surface area (Å²) in [6.45, 7) is 0. The van der Waals surface area contributed by atoms with Crippen LogP contribution in [-0.2, 0) is 4.74 Å². The number of ketones is 1. The molecule has 0 unspecified atom stereocenters. The summed E-state index contributed by atoms with van der Waals surface area (Å²) in [5.74, 6) is -0.467. The largest absolute Gasteiger partial charge is 0.441 e. The molecular formula is C21H14Cl5NO3. The van der Waals surface area contributed by atoms with Gasteiger partial charge in [-0.25, -0.2) is 4.79 Å². The molecule has 0 heterocycles. The molecule has 4 nitrogen and oxygen atoms in total. The van der Waals surface area contributed by atoms with Gasteiger partial charge in [-0.3, -0.25) is 10.1 Å². The number of carbonyl (C=O) groups excluding carboxylic acids is 2. The predicted molar refractivity (Wildman–Crippen MR) is 124 cm³/mol. The molecule has 0 saturated heterocycles. The Morgan fingerprint density at radius 3 is 2.37 bits per heavy atom. The van der Waals surface area contributed by atoms with Crippen LogP contribution >= 0.6 is 58.0 Å². The topological polar surface area (TPSA) is 55.4 Å². The van der Waals surface area contributed by atoms with Gasteiger partial charge in [0.25, 0.3) is 0 Å². The van der Waals surface area contributed by atoms with Crippen LogP contribution in [0.3, 0.4) is 0 Å². The summed E-state index contributed by atoms with van der Waals surface area (Å²) < 4.78 is 3.25. The van der Waals surface area contributed by atoms with Gasteiger partial charge in [0.15, 0.2) is 11.9 Å². The van der Waals surface area contributed by atoms with Crippen molar-refractivity contribution < 1.29 is 14.3 Å². The smallest absolute Gasteiger partial charge is 0.412 e. The Bertz CT molecular complexity index is 1090. The SMILES string of the molecule is O=C(Nc1cccc2ccccc12)O[C@@H](CC(=O)c1ccc(Cl)cc1Cl)C(Cl)(Cl)Cl. The second-order valence-electron chi connectivity index (χ2n) is 6.34. The zero-order valence-electron chi connectivity index (χ0n) is 15.2. The van der Waals surface area contributed by atoms with Gasteiger partial charge in [0.05, 0.1) is 17.1 Å². The highest BCUT2D eigenvalue weighted by atomic mass is 35.6. The van der Waals surface area contributed by atoms with Crippen molar-refractivity contribution in [1.82, 2.24) is 0 Å². The van der Waals surface area contributed by atoms with Gasteiger partial charge in [-0.1, -0.05) is 94.4 Å². The molecule has 0 aliphatic heterocycles. The van der Waals surface area contributed by atoms with E-state index in [-0.39, 0.29) is 17.0 Å². The van der Waals surface area contributed by atoms with Gasteiger partial charge in [0.2, 0.25) is 3.79 Å². The molecule has 0 aliphatic rings. The second-order valence-corrected chi connectivity index (χ2v) is 9.55. The number of benzene rings is 3. The molecule has 3 aromatic carbocycles. The Morgan fingerprint density at radius 2 is 1.67 bits per heavy atom. The van der Waals surface area contributed by atoms with E-state index in [4.69, 9.17) is 62.7 Å². The van der Waals surface area contributed by atoms with E-state index in [1.807, 2.05) is 30.3 Å². The van der Waals surface area contributed by atoms with Gasteiger partial charge in [-0.05, 0) is 29.7 Å². The number of fused-ring (bicyclic) bond motifs is 1. The average Bonchev–Trinajstić information content (AvgIpc) is 2.67. The van der Waals surface area contributed by atoms with Crippen LogP contribution in [0.2, 0.25) is 10.0 Å². The summed E-state index contributed by atoms with van der Waals surface area (Å²) in [6, 6.07) is 17.3. The zero-order valence-corrected chi connectivity index (χ0v) is 19.0. The molecule has 3 aromatic rings. The van der Waals surface area contributed by atoms with E-state index in [0.717, 1.165) is 10.8 Å². The van der Waals surface area contributed by atoms with Gasteiger partial charge in [-0.15, -0.1) is 0 Å². The summed E-state index contributed by atoms with van der Waals surface area (Å²) in [7, 11) is 0. The van der Waals surface area contributed by atoms with Crippen molar-refractivity contribution in [2.75, 3.05) is 5.32 Å². The maximum Gasteiger partial charge on any atom is 0.412 e. The molecule has 1 N–H and O–H groups in total. The Kier molecular flexibility index (Phi) is 7.38. The Balaban J connectivity index is 1.76. The fourth-order valence-electron chi connectivity index (χ4n) is 2.82. The van der Waals surface area contributed by atoms with Gasteiger partial charge >= 0.3 is 6.09 Å². The summed E-state index contributed by atoms with van der Waals surface area (Å²) in [5, 5.41) is 4.89. The van der Waals surface area contributed by atoms with Crippen molar-refractivity contribution in [3.05, 3.63) is 76.3 Å². The Labute approximate surface area is 197 Å². The Hall–Kier alpha value is -1.69. The van der Waals surface area contributed by atoms with Crippen molar-refractivity contribution in [2.24, 2.45) is 0 Å². The minimum atomic E-state index is -2.04. The van der Waals surface area contributed by atoms with Gasteiger partial charge in [0, 0.05) is 16.0 Å². The first kappa shape index (κ1) is 23.0. The number of rotatable bonds is 5. The number of Topliss-reactive ketones (excluding diaryl/α,β-unsaturated/α-hetero) is 1. The van der Waals surface area contributed by atoms with Crippen LogP contribution in [-0.4, -0.2) is 21.8 Å². The highest BCUT2D eigenvalue weighted by Gasteiger charge is 2.38. The molecular weight excluding hydrogens is 492 g/mol. The molecule has 0 aromatic heterocycles. The number of ether oxygens (including phenoxy) is 1. The van der Waals surface area contributed by atoms with E-state index in [0.29, 0.717) is 10.7 Å². The molecule has 156 valence electrons. The highest BCUT2D eigenvalue weighted by Crippen LogP contribution is 2.36. The van der Waals surface area contributed by atoms with Gasteiger partial charge in [-0.2, -0.15) is 0 Å². The monoisotopic (exact) mass is 503 g/mol. The summed E-state index contributed by atoms with van der Waals surface area (Å²) >= 11 is 29.8. The molecule has 1 atom stereocenters. The molecule has 0 aliphatic carbocycles. The van der Waals surface area contributed by atoms with Crippen LogP contribution in [0.15, 0.2) is 60.7 Å². The number of amides is 1. The molecule has 0 bridgehead atoms. The van der Waals surface area contributed by atoms with Crippen molar-refractivity contribution in [3.63, 3.8) is 0 Å². The number of alkyl halides is 3. The second kappa shape index (κ2) is 9.63. The van der Waals surface area contributed by atoms with Crippen LogP contribution in [0.5, 0.6) is 0 Å². The third-order valence-corrected chi connectivity index (χ3v) is 5.52. The first-order chi connectivity index (χ1) is 14.1. The number of hydrogen-bond acceptors (Lipinski definition) is 3. The Morgan fingerprint density at radius 1 is 0.967 bits per heavy atom. The van der Waals surface area contributed by atoms with E-state index in [1.165, 1.54) is 18.2 Å². The lowest BCUT2D eigenvalue weighted by Gasteiger charge is -2.24. The molecule has 0 radical (unpaired) electrons. The third kappa shape index (κ3) is 5.71. The van der Waals surface area contributed by atoms with Crippen molar-refractivity contribution in [1.29, 1.82) is 0 Å². The fraction of sp³-hybridized carbons (Fsp3) is 0.143. The molecule has 3 rings (SSSR count). The van der Waals surface area contributed by atoms with Crippen molar-refractivity contribution in [3.8, 4) is 0 Å². The van der Waals surface area contributed by atoms with Gasteiger partial charge < -0.3 is 4.74 Å².